The molecule has 1 fully saturated rings. The van der Waals surface area contributed by atoms with E-state index in [1.165, 1.54) is 32.1 Å². The molecule has 1 saturated carbocycles. The first kappa shape index (κ1) is 14.7. The molecule has 1 rings (SSSR count). The Kier molecular flexibility index (Phi) is 7.42. The summed E-state index contributed by atoms with van der Waals surface area (Å²) in [5.74, 6) is 0.737. The van der Waals surface area contributed by atoms with Gasteiger partial charge in [0, 0.05) is 29.4 Å². The summed E-state index contributed by atoms with van der Waals surface area (Å²) in [6, 6.07) is 0. The Bertz CT molecular complexity index is 191. The summed E-state index contributed by atoms with van der Waals surface area (Å²) in [5, 5.41) is 0. The van der Waals surface area contributed by atoms with Crippen LogP contribution in [0.2, 0.25) is 0 Å². The first-order valence-electron chi connectivity index (χ1n) is 5.45. The second-order valence-corrected chi connectivity index (χ2v) is 6.95. The molecule has 0 amide bonds. The molecule has 1 aliphatic rings. The fraction of sp³-hybridized carbons (Fsp3) is 1.00. The van der Waals surface area contributed by atoms with Crippen molar-refractivity contribution in [1.82, 2.24) is 0 Å². The predicted molar refractivity (Wildman–Crippen MR) is 56.4 cm³/mol. The molecule has 0 aromatic carbocycles. The second kappa shape index (κ2) is 7.06. The third kappa shape index (κ3) is 5.56. The zero-order valence-electron chi connectivity index (χ0n) is 8.89. The molecule has 14 heavy (non-hydrogen) atoms. The molecule has 0 bridgehead atoms. The smallest absolute Gasteiger partial charge is 0.200 e. The number of hydrogen-bond donors (Lipinski definition) is 1. The van der Waals surface area contributed by atoms with Crippen molar-refractivity contribution in [2.24, 2.45) is 5.92 Å². The first-order chi connectivity index (χ1) is 6.14. The summed E-state index contributed by atoms with van der Waals surface area (Å²) in [7, 11) is -2.74. The monoisotopic (exact) mass is 260 g/mol. The van der Waals surface area contributed by atoms with Gasteiger partial charge in [0.15, 0.2) is 7.37 Å². The van der Waals surface area contributed by atoms with Crippen molar-refractivity contribution in [3.8, 4) is 0 Å². The molecule has 0 saturated heterocycles. The molecule has 0 aromatic heterocycles. The number of rotatable bonds is 4. The topological polar surface area (TPSA) is 37.3 Å². The Labute approximate surface area is 97.8 Å². The largest absolute Gasteiger partial charge is 0.344 e. The molecule has 1 unspecified atom stereocenters. The van der Waals surface area contributed by atoms with Crippen LogP contribution in [0.25, 0.3) is 0 Å². The van der Waals surface area contributed by atoms with Crippen LogP contribution < -0.4 is 0 Å². The molecule has 2 nitrogen and oxygen atoms in total. The minimum Gasteiger partial charge on any atom is -0.344 e. The van der Waals surface area contributed by atoms with Crippen molar-refractivity contribution in [2.45, 2.75) is 45.4 Å². The molecule has 0 radical (unpaired) electrons. The summed E-state index contributed by atoms with van der Waals surface area (Å²) in [6.45, 7) is 1.81. The van der Waals surface area contributed by atoms with Crippen molar-refractivity contribution in [2.75, 3.05) is 12.3 Å². The van der Waals surface area contributed by atoms with E-state index in [1.54, 1.807) is 0 Å². The molecule has 4 heteroatoms. The van der Waals surface area contributed by atoms with E-state index in [4.69, 9.17) is 0 Å². The van der Waals surface area contributed by atoms with Crippen LogP contribution in [0.5, 0.6) is 0 Å². The third-order valence-electron chi connectivity index (χ3n) is 3.11. The fourth-order valence-electron chi connectivity index (χ4n) is 2.02. The van der Waals surface area contributed by atoms with Crippen LogP contribution >= 0.6 is 7.37 Å². The van der Waals surface area contributed by atoms with Gasteiger partial charge in [-0.2, -0.15) is 0 Å². The SMILES string of the molecule is CCP(=O)(O)CCC1CCCCC1.[Fe]. The fourth-order valence-corrected chi connectivity index (χ4v) is 3.10. The van der Waals surface area contributed by atoms with E-state index in [0.29, 0.717) is 12.3 Å². The van der Waals surface area contributed by atoms with E-state index in [0.717, 1.165) is 12.3 Å². The van der Waals surface area contributed by atoms with Crippen molar-refractivity contribution in [1.29, 1.82) is 0 Å². The Morgan fingerprint density at radius 2 is 1.86 bits per heavy atom. The summed E-state index contributed by atoms with van der Waals surface area (Å²) in [5.41, 5.74) is 0. The Hall–Kier alpha value is 0.709. The van der Waals surface area contributed by atoms with E-state index in [9.17, 15) is 9.46 Å². The normalized spacial score (nSPS) is 22.4. The van der Waals surface area contributed by atoms with Crippen LogP contribution in [0, 0.1) is 5.92 Å². The van der Waals surface area contributed by atoms with Gasteiger partial charge in [0.05, 0.1) is 0 Å². The molecule has 1 aliphatic carbocycles. The molecular formula is C10H21FeO2P. The first-order valence-corrected chi connectivity index (χ1v) is 7.48. The maximum atomic E-state index is 11.4. The molecule has 0 heterocycles. The average molecular weight is 260 g/mol. The van der Waals surface area contributed by atoms with Crippen molar-refractivity contribution < 1.29 is 26.5 Å². The van der Waals surface area contributed by atoms with Gasteiger partial charge in [-0.1, -0.05) is 39.0 Å². The molecule has 1 atom stereocenters. The van der Waals surface area contributed by atoms with Gasteiger partial charge in [0.2, 0.25) is 0 Å². The Morgan fingerprint density at radius 3 is 2.36 bits per heavy atom. The minimum atomic E-state index is -2.74. The van der Waals surface area contributed by atoms with E-state index in [-0.39, 0.29) is 17.1 Å². The maximum Gasteiger partial charge on any atom is 0.200 e. The van der Waals surface area contributed by atoms with Gasteiger partial charge < -0.3 is 4.89 Å². The molecule has 1 N–H and O–H groups in total. The van der Waals surface area contributed by atoms with Crippen LogP contribution in [0.1, 0.15) is 45.4 Å². The van der Waals surface area contributed by atoms with E-state index in [1.807, 2.05) is 6.92 Å². The summed E-state index contributed by atoms with van der Waals surface area (Å²) < 4.78 is 11.4. The predicted octanol–water partition coefficient (Wildman–Crippen LogP) is 3.24. The van der Waals surface area contributed by atoms with Crippen LogP contribution in [-0.2, 0) is 21.6 Å². The maximum absolute atomic E-state index is 11.4. The van der Waals surface area contributed by atoms with Crippen LogP contribution in [0.15, 0.2) is 0 Å². The van der Waals surface area contributed by atoms with Gasteiger partial charge in [-0.05, 0) is 12.3 Å². The Morgan fingerprint density at radius 1 is 1.29 bits per heavy atom. The van der Waals surface area contributed by atoms with Gasteiger partial charge in [-0.3, -0.25) is 4.57 Å². The molecule has 0 aliphatic heterocycles. The van der Waals surface area contributed by atoms with E-state index >= 15 is 0 Å². The van der Waals surface area contributed by atoms with E-state index < -0.39 is 7.37 Å². The van der Waals surface area contributed by atoms with Gasteiger partial charge >= 0.3 is 0 Å². The summed E-state index contributed by atoms with van der Waals surface area (Å²) in [6.07, 6.45) is 8.54. The van der Waals surface area contributed by atoms with Crippen LogP contribution in [0.3, 0.4) is 0 Å². The third-order valence-corrected chi connectivity index (χ3v) is 5.05. The zero-order chi connectivity index (χ0) is 9.73. The van der Waals surface area contributed by atoms with Gasteiger partial charge in [-0.15, -0.1) is 0 Å². The minimum absolute atomic E-state index is 0. The van der Waals surface area contributed by atoms with Gasteiger partial charge in [0.25, 0.3) is 0 Å². The molecular weight excluding hydrogens is 239 g/mol. The van der Waals surface area contributed by atoms with Gasteiger partial charge in [0.1, 0.15) is 0 Å². The van der Waals surface area contributed by atoms with Crippen molar-refractivity contribution in [3.05, 3.63) is 0 Å². The standard InChI is InChI=1S/C10H21O2P.Fe/c1-2-13(11,12)9-8-10-6-4-3-5-7-10;/h10H,2-9H2,1H3,(H,11,12);. The Balaban J connectivity index is 0.00000169. The molecule has 86 valence electrons. The molecule has 0 aromatic rings. The zero-order valence-corrected chi connectivity index (χ0v) is 10.9. The van der Waals surface area contributed by atoms with Crippen LogP contribution in [0.4, 0.5) is 0 Å². The number of hydrogen-bond acceptors (Lipinski definition) is 1. The average Bonchev–Trinajstić information content (AvgIpc) is 2.17. The van der Waals surface area contributed by atoms with E-state index in [2.05, 4.69) is 0 Å². The quantitative estimate of drug-likeness (QED) is 0.622. The summed E-state index contributed by atoms with van der Waals surface area (Å²) in [4.78, 5) is 9.41. The molecule has 0 spiro atoms. The van der Waals surface area contributed by atoms with Crippen molar-refractivity contribution in [3.63, 3.8) is 0 Å². The second-order valence-electron chi connectivity index (χ2n) is 4.18. The van der Waals surface area contributed by atoms with Crippen LogP contribution in [-0.4, -0.2) is 17.2 Å². The van der Waals surface area contributed by atoms with Gasteiger partial charge in [-0.25, -0.2) is 0 Å². The van der Waals surface area contributed by atoms with Crippen molar-refractivity contribution >= 4 is 7.37 Å². The summed E-state index contributed by atoms with van der Waals surface area (Å²) >= 11 is 0.